The molecule has 1 heterocycles. The Morgan fingerprint density at radius 2 is 1.22 bits per heavy atom. The van der Waals surface area contributed by atoms with Gasteiger partial charge in [0.1, 0.15) is 30.1 Å². The molecule has 0 spiro atoms. The molecule has 336 valence electrons. The molecule has 1 aliphatic rings. The fourth-order valence-electron chi connectivity index (χ4n) is 6.84. The first-order valence-corrected chi connectivity index (χ1v) is 21.8. The topological polar surface area (TPSA) is 208 Å². The van der Waals surface area contributed by atoms with Crippen LogP contribution in [0.2, 0.25) is 0 Å². The fourth-order valence-corrected chi connectivity index (χ4v) is 6.84. The molecule has 58 heavy (non-hydrogen) atoms. The van der Waals surface area contributed by atoms with E-state index in [-0.39, 0.29) is 63.0 Å². The van der Waals surface area contributed by atoms with E-state index in [1.54, 1.807) is 6.92 Å². The predicted molar refractivity (Wildman–Crippen MR) is 222 cm³/mol. The highest BCUT2D eigenvalue weighted by molar-refractivity contribution is 5.96. The molecule has 0 bridgehead atoms. The zero-order valence-electron chi connectivity index (χ0n) is 36.9. The van der Waals surface area contributed by atoms with Crippen LogP contribution in [-0.4, -0.2) is 103 Å². The van der Waals surface area contributed by atoms with E-state index >= 15 is 0 Å². The predicted octanol–water partition coefficient (Wildman–Crippen LogP) is 6.63. The normalized spacial score (nSPS) is 17.6. The van der Waals surface area contributed by atoms with E-state index in [4.69, 9.17) is 24.1 Å². The highest BCUT2D eigenvalue weighted by Crippen LogP contribution is 2.29. The summed E-state index contributed by atoms with van der Waals surface area (Å²) in [5.41, 5.74) is -2.39. The number of carbonyl (C=O) groups excluding carboxylic acids is 5. The Morgan fingerprint density at radius 1 is 0.707 bits per heavy atom. The molecular formula is C43H78N4O11. The van der Waals surface area contributed by atoms with Crippen LogP contribution in [0.15, 0.2) is 0 Å². The van der Waals surface area contributed by atoms with Crippen LogP contribution in [-0.2, 0) is 42.9 Å². The van der Waals surface area contributed by atoms with Gasteiger partial charge in [0, 0.05) is 32.2 Å². The number of amides is 4. The molecule has 1 rings (SSSR count). The molecular weight excluding hydrogens is 748 g/mol. The highest BCUT2D eigenvalue weighted by atomic mass is 16.6. The minimum Gasteiger partial charge on any atom is -0.480 e. The number of rotatable bonds is 31. The van der Waals surface area contributed by atoms with Crippen LogP contribution in [0.1, 0.15) is 177 Å². The van der Waals surface area contributed by atoms with Gasteiger partial charge in [0.05, 0.1) is 18.8 Å². The average Bonchev–Trinajstić information content (AvgIpc) is 3.10. The highest BCUT2D eigenvalue weighted by Gasteiger charge is 2.49. The molecule has 1 fully saturated rings. The van der Waals surface area contributed by atoms with Gasteiger partial charge >= 0.3 is 18.0 Å². The van der Waals surface area contributed by atoms with Gasteiger partial charge in [0.25, 0.3) is 0 Å². The van der Waals surface area contributed by atoms with Crippen molar-refractivity contribution in [2.75, 3.05) is 32.9 Å². The van der Waals surface area contributed by atoms with Gasteiger partial charge in [0.2, 0.25) is 11.8 Å². The van der Waals surface area contributed by atoms with Crippen LogP contribution < -0.4 is 21.3 Å². The maximum atomic E-state index is 13.9. The monoisotopic (exact) mass is 827 g/mol. The van der Waals surface area contributed by atoms with E-state index < -0.39 is 53.6 Å². The molecule has 1 saturated heterocycles. The molecule has 3 atom stereocenters. The van der Waals surface area contributed by atoms with Crippen LogP contribution in [0.3, 0.4) is 0 Å². The van der Waals surface area contributed by atoms with Crippen LogP contribution in [0.4, 0.5) is 4.79 Å². The van der Waals surface area contributed by atoms with Gasteiger partial charge in [-0.3, -0.25) is 24.5 Å². The van der Waals surface area contributed by atoms with Gasteiger partial charge in [-0.05, 0) is 80.7 Å². The number of carboxylic acid groups (broad SMARTS) is 1. The first kappa shape index (κ1) is 52.9. The van der Waals surface area contributed by atoms with Crippen LogP contribution in [0, 0.1) is 0 Å². The number of aliphatic carboxylic acids is 1. The number of piperidine rings is 1. The Labute approximate surface area is 347 Å². The maximum absolute atomic E-state index is 13.9. The molecule has 0 aromatic rings. The molecule has 0 aliphatic carbocycles. The van der Waals surface area contributed by atoms with Crippen molar-refractivity contribution in [3.63, 3.8) is 0 Å². The van der Waals surface area contributed by atoms with Gasteiger partial charge in [-0.1, -0.05) is 77.0 Å². The third kappa shape index (κ3) is 26.8. The number of carbonyl (C=O) groups is 6. The number of urea groups is 1. The Balaban J connectivity index is 2.31. The molecule has 0 radical (unpaired) electrons. The summed E-state index contributed by atoms with van der Waals surface area (Å²) in [6.07, 6.45) is 15.4. The number of unbranched alkanes of at least 4 members (excludes halogenated alkanes) is 13. The second kappa shape index (κ2) is 29.1. The van der Waals surface area contributed by atoms with E-state index in [1.165, 1.54) is 51.4 Å². The van der Waals surface area contributed by atoms with Gasteiger partial charge in [0.15, 0.2) is 5.78 Å². The van der Waals surface area contributed by atoms with Crippen LogP contribution in [0.5, 0.6) is 0 Å². The summed E-state index contributed by atoms with van der Waals surface area (Å²) >= 11 is 0. The van der Waals surface area contributed by atoms with E-state index in [0.717, 1.165) is 38.5 Å². The number of ketones is 1. The number of ether oxygens (including phenoxy) is 4. The summed E-state index contributed by atoms with van der Waals surface area (Å²) in [6.45, 7) is 13.3. The smallest absolute Gasteiger partial charge is 0.329 e. The second-order valence-electron chi connectivity index (χ2n) is 17.5. The second-order valence-corrected chi connectivity index (χ2v) is 17.5. The number of hydrogen-bond acceptors (Lipinski definition) is 11. The lowest BCUT2D eigenvalue weighted by Gasteiger charge is -2.45. The van der Waals surface area contributed by atoms with Crippen molar-refractivity contribution in [1.82, 2.24) is 21.3 Å². The SMILES string of the molecule is CC(NC(=O)N[C@@]1(C(=O)CCCC(=O)NC(=O)CCCCCCCCCCCCCCCCC(=O)OC(C)(C)C)CCNCC1OC(C)(C)C)OCCOCC(=O)O. The Bertz CT molecular complexity index is 1230. The fraction of sp³-hybridized carbons (Fsp3) is 0.860. The largest absolute Gasteiger partial charge is 0.480 e. The number of imide groups is 1. The first-order chi connectivity index (χ1) is 27.3. The number of hydrogen-bond donors (Lipinski definition) is 5. The van der Waals surface area contributed by atoms with E-state index in [2.05, 4.69) is 21.3 Å². The van der Waals surface area contributed by atoms with E-state index in [1.807, 2.05) is 41.5 Å². The van der Waals surface area contributed by atoms with Crippen molar-refractivity contribution in [3.8, 4) is 0 Å². The zero-order chi connectivity index (χ0) is 43.5. The lowest BCUT2D eigenvalue weighted by Crippen LogP contribution is -2.70. The summed E-state index contributed by atoms with van der Waals surface area (Å²) in [6, 6.07) is -0.635. The summed E-state index contributed by atoms with van der Waals surface area (Å²) in [5, 5.41) is 19.9. The average molecular weight is 827 g/mol. The van der Waals surface area contributed by atoms with Gasteiger partial charge in [-0.25, -0.2) is 9.59 Å². The molecule has 15 nitrogen and oxygen atoms in total. The molecule has 0 aromatic carbocycles. The van der Waals surface area contributed by atoms with Gasteiger partial charge in [-0.2, -0.15) is 0 Å². The van der Waals surface area contributed by atoms with E-state index in [0.29, 0.717) is 19.5 Å². The van der Waals surface area contributed by atoms with Crippen molar-refractivity contribution >= 4 is 35.6 Å². The third-order valence-electron chi connectivity index (χ3n) is 9.60. The molecule has 0 saturated carbocycles. The van der Waals surface area contributed by atoms with Crippen molar-refractivity contribution in [2.45, 2.75) is 206 Å². The minimum atomic E-state index is -1.37. The minimum absolute atomic E-state index is 0.00239. The van der Waals surface area contributed by atoms with Crippen molar-refractivity contribution in [3.05, 3.63) is 0 Å². The molecule has 2 unspecified atom stereocenters. The lowest BCUT2D eigenvalue weighted by atomic mass is 9.79. The Kier molecular flexibility index (Phi) is 26.6. The number of carboxylic acids is 1. The number of Topliss-reactive ketones (excluding diaryl/α,β-unsaturated/α-hetero) is 1. The van der Waals surface area contributed by atoms with Crippen molar-refractivity contribution < 1.29 is 52.8 Å². The Morgan fingerprint density at radius 3 is 1.74 bits per heavy atom. The summed E-state index contributed by atoms with van der Waals surface area (Å²) in [7, 11) is 0. The summed E-state index contributed by atoms with van der Waals surface area (Å²) in [5.74, 6) is -2.20. The Hall–Kier alpha value is -3.14. The maximum Gasteiger partial charge on any atom is 0.329 e. The summed E-state index contributed by atoms with van der Waals surface area (Å²) < 4.78 is 22.1. The van der Waals surface area contributed by atoms with E-state index in [9.17, 15) is 28.8 Å². The lowest BCUT2D eigenvalue weighted by molar-refractivity contribution is -0.155. The number of esters is 1. The quantitative estimate of drug-likeness (QED) is 0.0284. The molecule has 15 heteroatoms. The summed E-state index contributed by atoms with van der Waals surface area (Å²) in [4.78, 5) is 74.4. The van der Waals surface area contributed by atoms with Crippen LogP contribution in [0.25, 0.3) is 0 Å². The molecule has 5 N–H and O–H groups in total. The number of nitrogens with one attached hydrogen (secondary N) is 4. The van der Waals surface area contributed by atoms with Crippen LogP contribution >= 0.6 is 0 Å². The van der Waals surface area contributed by atoms with Gasteiger partial charge in [-0.15, -0.1) is 0 Å². The van der Waals surface area contributed by atoms with Crippen molar-refractivity contribution in [2.24, 2.45) is 0 Å². The third-order valence-corrected chi connectivity index (χ3v) is 9.60. The molecule has 1 aliphatic heterocycles. The molecule has 4 amide bonds. The molecule has 0 aromatic heterocycles. The first-order valence-electron chi connectivity index (χ1n) is 21.8. The van der Waals surface area contributed by atoms with Gasteiger partial charge < -0.3 is 40.0 Å². The standard InChI is InChI=1S/C43H78N4O11/c1-33(56-30-29-55-32-38(51)52)45-40(54)47-43(27-28-44-31-35(43)57-41(2,3)4)34(48)23-22-25-37(50)46-36(49)24-20-18-16-14-12-10-8-9-11-13-15-17-19-21-26-39(53)58-42(5,6)7/h33,35,44H,8-32H2,1-7H3,(H,51,52)(H2,45,47,54)(H,46,49,50)/t33?,35?,43-/m1/s1. The zero-order valence-corrected chi connectivity index (χ0v) is 36.9. The van der Waals surface area contributed by atoms with Crippen molar-refractivity contribution in [1.29, 1.82) is 0 Å².